The molecule has 0 saturated carbocycles. The maximum absolute atomic E-state index is 11.8. The number of carboxylic acid groups (broad SMARTS) is 1. The van der Waals surface area contributed by atoms with Crippen molar-refractivity contribution in [1.82, 2.24) is 4.90 Å². The molecule has 0 spiro atoms. The summed E-state index contributed by atoms with van der Waals surface area (Å²) >= 11 is 0. The first-order valence-electron chi connectivity index (χ1n) is 5.56. The van der Waals surface area contributed by atoms with E-state index in [1.807, 2.05) is 13.8 Å². The molecule has 0 aromatic heterocycles. The highest BCUT2D eigenvalue weighted by atomic mass is 16.4. The number of carbonyl (C=O) groups is 2. The van der Waals surface area contributed by atoms with Crippen LogP contribution in [0.25, 0.3) is 0 Å². The SMILES string of the molecule is CC(N)C(=O)N1CCCC(C)(C)C1C(=O)O. The van der Waals surface area contributed by atoms with Crippen LogP contribution in [0.2, 0.25) is 0 Å². The summed E-state index contributed by atoms with van der Waals surface area (Å²) in [6, 6.07) is -1.41. The van der Waals surface area contributed by atoms with Crippen LogP contribution in [-0.4, -0.2) is 40.5 Å². The average Bonchev–Trinajstić information content (AvgIpc) is 2.13. The number of hydrogen-bond acceptors (Lipinski definition) is 3. The molecule has 92 valence electrons. The Morgan fingerprint density at radius 1 is 1.50 bits per heavy atom. The third-order valence-corrected chi connectivity index (χ3v) is 3.18. The first-order chi connectivity index (χ1) is 7.27. The van der Waals surface area contributed by atoms with Gasteiger partial charge in [0, 0.05) is 6.54 Å². The standard InChI is InChI=1S/C11H20N2O3/c1-7(12)9(14)13-6-4-5-11(2,3)8(13)10(15)16/h7-8H,4-6,12H2,1-3H3,(H,15,16). The summed E-state index contributed by atoms with van der Waals surface area (Å²) in [6.45, 7) is 5.84. The second kappa shape index (κ2) is 4.41. The van der Waals surface area contributed by atoms with Crippen molar-refractivity contribution in [3.8, 4) is 0 Å². The number of nitrogens with two attached hydrogens (primary N) is 1. The summed E-state index contributed by atoms with van der Waals surface area (Å²) in [5.74, 6) is -1.22. The van der Waals surface area contributed by atoms with Crippen LogP contribution in [0.5, 0.6) is 0 Å². The van der Waals surface area contributed by atoms with E-state index < -0.39 is 23.5 Å². The van der Waals surface area contributed by atoms with Gasteiger partial charge in [0.1, 0.15) is 6.04 Å². The molecule has 2 unspecified atom stereocenters. The van der Waals surface area contributed by atoms with Crippen molar-refractivity contribution in [2.75, 3.05) is 6.54 Å². The monoisotopic (exact) mass is 228 g/mol. The molecule has 1 fully saturated rings. The zero-order valence-electron chi connectivity index (χ0n) is 10.1. The van der Waals surface area contributed by atoms with E-state index in [0.29, 0.717) is 6.54 Å². The molecule has 2 atom stereocenters. The molecule has 3 N–H and O–H groups in total. The number of nitrogens with zero attached hydrogens (tertiary/aromatic N) is 1. The van der Waals surface area contributed by atoms with E-state index in [0.717, 1.165) is 12.8 Å². The lowest BCUT2D eigenvalue weighted by atomic mass is 9.76. The molecular weight excluding hydrogens is 208 g/mol. The summed E-state index contributed by atoms with van der Waals surface area (Å²) in [4.78, 5) is 24.5. The van der Waals surface area contributed by atoms with Crippen molar-refractivity contribution in [3.63, 3.8) is 0 Å². The quantitative estimate of drug-likeness (QED) is 0.718. The van der Waals surface area contributed by atoms with Crippen LogP contribution in [0.4, 0.5) is 0 Å². The van der Waals surface area contributed by atoms with Gasteiger partial charge >= 0.3 is 5.97 Å². The predicted octanol–water partition coefficient (Wildman–Crippen LogP) is 0.435. The van der Waals surface area contributed by atoms with E-state index in [9.17, 15) is 14.7 Å². The molecule has 0 aromatic rings. The van der Waals surface area contributed by atoms with Gasteiger partial charge in [-0.2, -0.15) is 0 Å². The van der Waals surface area contributed by atoms with Gasteiger partial charge in [0.2, 0.25) is 5.91 Å². The zero-order valence-corrected chi connectivity index (χ0v) is 10.1. The highest BCUT2D eigenvalue weighted by Gasteiger charge is 2.44. The summed E-state index contributed by atoms with van der Waals surface area (Å²) in [7, 11) is 0. The lowest BCUT2D eigenvalue weighted by molar-refractivity contribution is -0.159. The van der Waals surface area contributed by atoms with Gasteiger partial charge in [0.15, 0.2) is 0 Å². The molecule has 5 heteroatoms. The summed E-state index contributed by atoms with van der Waals surface area (Å²) < 4.78 is 0. The van der Waals surface area contributed by atoms with Crippen molar-refractivity contribution in [3.05, 3.63) is 0 Å². The molecule has 5 nitrogen and oxygen atoms in total. The number of hydrogen-bond donors (Lipinski definition) is 2. The Morgan fingerprint density at radius 3 is 2.50 bits per heavy atom. The second-order valence-corrected chi connectivity index (χ2v) is 5.15. The Morgan fingerprint density at radius 2 is 2.06 bits per heavy atom. The molecule has 0 aliphatic carbocycles. The van der Waals surface area contributed by atoms with E-state index in [-0.39, 0.29) is 5.91 Å². The lowest BCUT2D eigenvalue weighted by Gasteiger charge is -2.44. The fourth-order valence-corrected chi connectivity index (χ4v) is 2.36. The molecule has 1 heterocycles. The number of carbonyl (C=O) groups excluding carboxylic acids is 1. The number of likely N-dealkylation sites (tertiary alicyclic amines) is 1. The van der Waals surface area contributed by atoms with E-state index in [2.05, 4.69) is 0 Å². The molecule has 0 bridgehead atoms. The largest absolute Gasteiger partial charge is 0.480 e. The minimum Gasteiger partial charge on any atom is -0.480 e. The fraction of sp³-hybridized carbons (Fsp3) is 0.818. The third kappa shape index (κ3) is 2.35. The number of piperidine rings is 1. The predicted molar refractivity (Wildman–Crippen MR) is 59.8 cm³/mol. The normalized spacial score (nSPS) is 26.2. The topological polar surface area (TPSA) is 83.6 Å². The maximum Gasteiger partial charge on any atom is 0.326 e. The van der Waals surface area contributed by atoms with Gasteiger partial charge in [-0.25, -0.2) is 4.79 Å². The van der Waals surface area contributed by atoms with Crippen LogP contribution in [0.1, 0.15) is 33.6 Å². The Kier molecular flexibility index (Phi) is 3.57. The van der Waals surface area contributed by atoms with Crippen molar-refractivity contribution in [2.24, 2.45) is 11.1 Å². The Labute approximate surface area is 95.6 Å². The number of amides is 1. The Hall–Kier alpha value is -1.10. The maximum atomic E-state index is 11.8. The van der Waals surface area contributed by atoms with E-state index in [1.54, 1.807) is 6.92 Å². The number of aliphatic carboxylic acids is 1. The molecule has 16 heavy (non-hydrogen) atoms. The second-order valence-electron chi connectivity index (χ2n) is 5.15. The van der Waals surface area contributed by atoms with Crippen molar-refractivity contribution in [1.29, 1.82) is 0 Å². The van der Waals surface area contributed by atoms with Gasteiger partial charge in [-0.05, 0) is 25.2 Å². The third-order valence-electron chi connectivity index (χ3n) is 3.18. The first-order valence-corrected chi connectivity index (χ1v) is 5.56. The summed E-state index contributed by atoms with van der Waals surface area (Å²) in [5.41, 5.74) is 5.14. The minimum absolute atomic E-state index is 0.278. The van der Waals surface area contributed by atoms with Gasteiger partial charge in [-0.15, -0.1) is 0 Å². The molecule has 1 rings (SSSR count). The van der Waals surface area contributed by atoms with Crippen LogP contribution in [0, 0.1) is 5.41 Å². The Balaban J connectivity index is 2.98. The highest BCUT2D eigenvalue weighted by molar-refractivity contribution is 5.87. The van der Waals surface area contributed by atoms with Crippen molar-refractivity contribution >= 4 is 11.9 Å². The average molecular weight is 228 g/mol. The van der Waals surface area contributed by atoms with Crippen LogP contribution >= 0.6 is 0 Å². The highest BCUT2D eigenvalue weighted by Crippen LogP contribution is 2.35. The molecule has 1 aliphatic heterocycles. The first kappa shape index (κ1) is 13.0. The van der Waals surface area contributed by atoms with Gasteiger partial charge in [0.05, 0.1) is 6.04 Å². The van der Waals surface area contributed by atoms with Crippen LogP contribution in [-0.2, 0) is 9.59 Å². The van der Waals surface area contributed by atoms with Crippen LogP contribution < -0.4 is 5.73 Å². The van der Waals surface area contributed by atoms with Gasteiger partial charge in [-0.1, -0.05) is 13.8 Å². The van der Waals surface area contributed by atoms with Gasteiger partial charge < -0.3 is 15.7 Å². The van der Waals surface area contributed by atoms with Gasteiger partial charge in [0.25, 0.3) is 0 Å². The number of carboxylic acids is 1. The number of rotatable bonds is 2. The summed E-state index contributed by atoms with van der Waals surface area (Å²) in [5, 5.41) is 9.24. The zero-order chi connectivity index (χ0) is 12.5. The van der Waals surface area contributed by atoms with E-state index >= 15 is 0 Å². The molecule has 1 aliphatic rings. The van der Waals surface area contributed by atoms with Crippen LogP contribution in [0.15, 0.2) is 0 Å². The molecule has 1 saturated heterocycles. The van der Waals surface area contributed by atoms with Crippen molar-refractivity contribution in [2.45, 2.75) is 45.7 Å². The smallest absolute Gasteiger partial charge is 0.326 e. The Bertz CT molecular complexity index is 300. The van der Waals surface area contributed by atoms with Gasteiger partial charge in [-0.3, -0.25) is 4.79 Å². The van der Waals surface area contributed by atoms with E-state index in [1.165, 1.54) is 4.90 Å². The molecule has 0 radical (unpaired) electrons. The minimum atomic E-state index is -0.946. The molecular formula is C11H20N2O3. The van der Waals surface area contributed by atoms with E-state index in [4.69, 9.17) is 5.73 Å². The van der Waals surface area contributed by atoms with Crippen molar-refractivity contribution < 1.29 is 14.7 Å². The van der Waals surface area contributed by atoms with Crippen LogP contribution in [0.3, 0.4) is 0 Å². The molecule has 0 aromatic carbocycles. The summed E-state index contributed by atoms with van der Waals surface area (Å²) in [6.07, 6.45) is 1.64. The molecule has 1 amide bonds. The lowest BCUT2D eigenvalue weighted by Crippen LogP contribution is -2.59. The fourth-order valence-electron chi connectivity index (χ4n) is 2.36.